The summed E-state index contributed by atoms with van der Waals surface area (Å²) < 4.78 is 47.5. The lowest BCUT2D eigenvalue weighted by molar-refractivity contribution is 0.185. The van der Waals surface area contributed by atoms with E-state index in [1.807, 2.05) is 6.92 Å². The van der Waals surface area contributed by atoms with Crippen molar-refractivity contribution < 1.29 is 17.5 Å². The van der Waals surface area contributed by atoms with Crippen LogP contribution in [0.25, 0.3) is 0 Å². The predicted octanol–water partition coefficient (Wildman–Crippen LogP) is 2.16. The van der Waals surface area contributed by atoms with Crippen LogP contribution in [0.5, 0.6) is 0 Å². The lowest BCUT2D eigenvalue weighted by Gasteiger charge is -2.17. The first-order valence-electron chi connectivity index (χ1n) is 8.20. The van der Waals surface area contributed by atoms with Gasteiger partial charge < -0.3 is 9.30 Å². The minimum Gasteiger partial charge on any atom is -0.383 e. The molecule has 3 rings (SSSR count). The molecule has 2 aromatic rings. The zero-order chi connectivity index (χ0) is 18.0. The molecular weight excluding hydrogens is 345 g/mol. The van der Waals surface area contributed by atoms with E-state index in [0.29, 0.717) is 32.7 Å². The van der Waals surface area contributed by atoms with Crippen LogP contribution in [-0.2, 0) is 21.3 Å². The van der Waals surface area contributed by atoms with E-state index in [1.165, 1.54) is 22.5 Å². The van der Waals surface area contributed by atoms with Gasteiger partial charge in [0.25, 0.3) is 0 Å². The van der Waals surface area contributed by atoms with Crippen molar-refractivity contribution in [3.63, 3.8) is 0 Å². The largest absolute Gasteiger partial charge is 0.383 e. The van der Waals surface area contributed by atoms with E-state index in [1.54, 1.807) is 13.3 Å². The van der Waals surface area contributed by atoms with Crippen molar-refractivity contribution in [1.29, 1.82) is 0 Å². The van der Waals surface area contributed by atoms with Crippen molar-refractivity contribution in [3.05, 3.63) is 47.8 Å². The number of rotatable bonds is 6. The van der Waals surface area contributed by atoms with Gasteiger partial charge in [-0.05, 0) is 31.5 Å². The second-order valence-electron chi connectivity index (χ2n) is 6.21. The van der Waals surface area contributed by atoms with E-state index < -0.39 is 15.8 Å². The Kier molecular flexibility index (Phi) is 5.21. The molecule has 1 unspecified atom stereocenters. The molecule has 1 saturated heterocycles. The van der Waals surface area contributed by atoms with Crippen LogP contribution in [0.3, 0.4) is 0 Å². The van der Waals surface area contributed by atoms with Gasteiger partial charge in [0.15, 0.2) is 0 Å². The Balaban J connectivity index is 1.80. The van der Waals surface area contributed by atoms with Crippen molar-refractivity contribution >= 4 is 10.0 Å². The highest BCUT2D eigenvalue weighted by Gasteiger charge is 2.35. The van der Waals surface area contributed by atoms with Crippen molar-refractivity contribution in [2.45, 2.75) is 30.7 Å². The number of halogens is 1. The topological polar surface area (TPSA) is 64.4 Å². The fourth-order valence-corrected chi connectivity index (χ4v) is 4.74. The number of ether oxygens (including phenoxy) is 1. The molecule has 0 radical (unpaired) electrons. The van der Waals surface area contributed by atoms with Crippen molar-refractivity contribution in [2.75, 3.05) is 26.8 Å². The predicted molar refractivity (Wildman–Crippen MR) is 91.4 cm³/mol. The lowest BCUT2D eigenvalue weighted by Crippen LogP contribution is -2.29. The van der Waals surface area contributed by atoms with Gasteiger partial charge in [0.05, 0.1) is 11.5 Å². The maximum absolute atomic E-state index is 13.4. The fourth-order valence-electron chi connectivity index (χ4n) is 3.21. The van der Waals surface area contributed by atoms with Crippen LogP contribution in [0.1, 0.15) is 23.9 Å². The summed E-state index contributed by atoms with van der Waals surface area (Å²) in [5.41, 5.74) is 1.03. The zero-order valence-corrected chi connectivity index (χ0v) is 15.2. The summed E-state index contributed by atoms with van der Waals surface area (Å²) in [6.45, 7) is 3.98. The molecule has 6 nitrogen and oxygen atoms in total. The van der Waals surface area contributed by atoms with Crippen molar-refractivity contribution in [2.24, 2.45) is 0 Å². The first-order valence-corrected chi connectivity index (χ1v) is 9.64. The van der Waals surface area contributed by atoms with E-state index in [0.717, 1.165) is 17.6 Å². The molecule has 25 heavy (non-hydrogen) atoms. The van der Waals surface area contributed by atoms with Gasteiger partial charge in [-0.3, -0.25) is 0 Å². The summed E-state index contributed by atoms with van der Waals surface area (Å²) in [5, 5.41) is 0. The number of aryl methyl sites for hydroxylation is 1. The van der Waals surface area contributed by atoms with Gasteiger partial charge in [-0.1, -0.05) is 6.07 Å². The maximum atomic E-state index is 13.4. The third-order valence-corrected chi connectivity index (χ3v) is 6.42. The number of aromatic nitrogens is 2. The molecule has 1 atom stereocenters. The standard InChI is InChI=1S/C17H22FN3O3S/c1-13-11-19-17(21(13)8-9-24-2)14-6-7-20(12-14)25(22,23)16-5-3-4-15(18)10-16/h3-5,10-11,14H,6-9,12H2,1-2H3. The van der Waals surface area contributed by atoms with Gasteiger partial charge >= 0.3 is 0 Å². The van der Waals surface area contributed by atoms with E-state index in [-0.39, 0.29) is 10.8 Å². The highest BCUT2D eigenvalue weighted by Crippen LogP contribution is 2.31. The zero-order valence-electron chi connectivity index (χ0n) is 14.4. The summed E-state index contributed by atoms with van der Waals surface area (Å²) in [4.78, 5) is 4.47. The Morgan fingerprint density at radius 1 is 1.40 bits per heavy atom. The Labute approximate surface area is 147 Å². The number of nitrogens with zero attached hydrogens (tertiary/aromatic N) is 3. The molecular formula is C17H22FN3O3S. The van der Waals surface area contributed by atoms with Crippen LogP contribution in [0.2, 0.25) is 0 Å². The molecule has 1 fully saturated rings. The lowest BCUT2D eigenvalue weighted by atomic mass is 10.1. The summed E-state index contributed by atoms with van der Waals surface area (Å²) in [6.07, 6.45) is 2.49. The van der Waals surface area contributed by atoms with Crippen LogP contribution < -0.4 is 0 Å². The normalized spacial score (nSPS) is 18.8. The second-order valence-corrected chi connectivity index (χ2v) is 8.15. The minimum atomic E-state index is -3.69. The smallest absolute Gasteiger partial charge is 0.243 e. The van der Waals surface area contributed by atoms with Gasteiger partial charge in [0, 0.05) is 44.6 Å². The quantitative estimate of drug-likeness (QED) is 0.785. The van der Waals surface area contributed by atoms with Gasteiger partial charge in [-0.2, -0.15) is 4.31 Å². The Hall–Kier alpha value is -1.77. The number of hydrogen-bond donors (Lipinski definition) is 0. The third kappa shape index (κ3) is 3.61. The van der Waals surface area contributed by atoms with Crippen LogP contribution in [0.15, 0.2) is 35.4 Å². The molecule has 8 heteroatoms. The van der Waals surface area contributed by atoms with E-state index in [2.05, 4.69) is 9.55 Å². The molecule has 0 N–H and O–H groups in total. The Morgan fingerprint density at radius 3 is 2.92 bits per heavy atom. The Morgan fingerprint density at radius 2 is 2.20 bits per heavy atom. The van der Waals surface area contributed by atoms with Crippen molar-refractivity contribution in [3.8, 4) is 0 Å². The third-order valence-electron chi connectivity index (χ3n) is 4.55. The summed E-state index contributed by atoms with van der Waals surface area (Å²) in [5.74, 6) is 0.350. The number of imidazole rings is 1. The SMILES string of the molecule is COCCn1c(C)cnc1C1CCN(S(=O)(=O)c2cccc(F)c2)C1. The molecule has 0 aliphatic carbocycles. The average Bonchev–Trinajstić information content (AvgIpc) is 3.20. The highest BCUT2D eigenvalue weighted by atomic mass is 32.2. The van der Waals surface area contributed by atoms with Crippen molar-refractivity contribution in [1.82, 2.24) is 13.9 Å². The summed E-state index contributed by atoms with van der Waals surface area (Å²) in [7, 11) is -2.05. The summed E-state index contributed by atoms with van der Waals surface area (Å²) in [6, 6.07) is 5.14. The molecule has 0 bridgehead atoms. The molecule has 0 spiro atoms. The number of benzene rings is 1. The molecule has 0 amide bonds. The minimum absolute atomic E-state index is 0.00736. The molecule has 1 aliphatic heterocycles. The van der Waals surface area contributed by atoms with Crippen LogP contribution >= 0.6 is 0 Å². The Bertz CT molecular complexity index is 851. The van der Waals surface area contributed by atoms with E-state index in [4.69, 9.17) is 4.74 Å². The molecule has 136 valence electrons. The fraction of sp³-hybridized carbons (Fsp3) is 0.471. The monoisotopic (exact) mass is 367 g/mol. The molecule has 0 saturated carbocycles. The molecule has 1 aliphatic rings. The maximum Gasteiger partial charge on any atom is 0.243 e. The van der Waals surface area contributed by atoms with Gasteiger partial charge in [-0.25, -0.2) is 17.8 Å². The highest BCUT2D eigenvalue weighted by molar-refractivity contribution is 7.89. The number of sulfonamides is 1. The van der Waals surface area contributed by atoms with Crippen LogP contribution in [-0.4, -0.2) is 49.1 Å². The first-order chi connectivity index (χ1) is 11.9. The van der Waals surface area contributed by atoms with Gasteiger partial charge in [0.1, 0.15) is 11.6 Å². The van der Waals surface area contributed by atoms with Gasteiger partial charge in [-0.15, -0.1) is 0 Å². The van der Waals surface area contributed by atoms with Crippen LogP contribution in [0.4, 0.5) is 4.39 Å². The van der Waals surface area contributed by atoms with Gasteiger partial charge in [0.2, 0.25) is 10.0 Å². The van der Waals surface area contributed by atoms with Crippen LogP contribution in [0, 0.1) is 12.7 Å². The molecule has 1 aromatic heterocycles. The molecule has 1 aromatic carbocycles. The number of methoxy groups -OCH3 is 1. The molecule has 2 heterocycles. The second kappa shape index (κ2) is 7.23. The number of hydrogen-bond acceptors (Lipinski definition) is 4. The van der Waals surface area contributed by atoms with E-state index >= 15 is 0 Å². The summed E-state index contributed by atoms with van der Waals surface area (Å²) >= 11 is 0. The first kappa shape index (κ1) is 18.0. The average molecular weight is 367 g/mol. The van der Waals surface area contributed by atoms with E-state index in [9.17, 15) is 12.8 Å².